The van der Waals surface area contributed by atoms with Crippen molar-refractivity contribution in [3.8, 4) is 17.2 Å². The summed E-state index contributed by atoms with van der Waals surface area (Å²) in [5.74, 6) is 1.70. The van der Waals surface area contributed by atoms with E-state index in [1.807, 2.05) is 12.1 Å². The van der Waals surface area contributed by atoms with E-state index in [2.05, 4.69) is 4.99 Å². The van der Waals surface area contributed by atoms with Gasteiger partial charge in [-0.3, -0.25) is 14.7 Å². The molecular weight excluding hydrogens is 356 g/mol. The van der Waals surface area contributed by atoms with E-state index in [0.29, 0.717) is 46.8 Å². The van der Waals surface area contributed by atoms with Crippen molar-refractivity contribution in [2.75, 3.05) is 34.4 Å². The van der Waals surface area contributed by atoms with Gasteiger partial charge in [-0.1, -0.05) is 23.7 Å². The SMILES string of the molecule is COc1cc(C(=O)N2CCN=C2c2cccc(Cl)c2)cc(OC)c1OC. The lowest BCUT2D eigenvalue weighted by molar-refractivity contribution is 0.0857. The van der Waals surface area contributed by atoms with Crippen molar-refractivity contribution >= 4 is 23.3 Å². The summed E-state index contributed by atoms with van der Waals surface area (Å²) in [6.07, 6.45) is 0. The third-order valence-electron chi connectivity index (χ3n) is 4.08. The lowest BCUT2D eigenvalue weighted by Gasteiger charge is -2.20. The molecule has 0 aliphatic carbocycles. The smallest absolute Gasteiger partial charge is 0.259 e. The van der Waals surface area contributed by atoms with Crippen molar-refractivity contribution in [3.63, 3.8) is 0 Å². The van der Waals surface area contributed by atoms with Crippen LogP contribution in [0.25, 0.3) is 0 Å². The third-order valence-corrected chi connectivity index (χ3v) is 4.32. The zero-order valence-electron chi connectivity index (χ0n) is 14.8. The van der Waals surface area contributed by atoms with Crippen molar-refractivity contribution in [3.05, 3.63) is 52.5 Å². The number of nitrogens with zero attached hydrogens (tertiary/aromatic N) is 2. The van der Waals surface area contributed by atoms with E-state index in [1.54, 1.807) is 29.2 Å². The van der Waals surface area contributed by atoms with E-state index in [0.717, 1.165) is 5.56 Å². The number of hydrogen-bond donors (Lipinski definition) is 0. The number of amides is 1. The quantitative estimate of drug-likeness (QED) is 0.805. The Balaban J connectivity index is 1.97. The number of rotatable bonds is 5. The minimum atomic E-state index is -0.194. The molecule has 0 saturated carbocycles. The number of benzene rings is 2. The second-order valence-corrected chi connectivity index (χ2v) is 6.02. The van der Waals surface area contributed by atoms with Gasteiger partial charge in [-0.25, -0.2) is 0 Å². The van der Waals surface area contributed by atoms with Crippen LogP contribution in [0.3, 0.4) is 0 Å². The van der Waals surface area contributed by atoms with E-state index in [4.69, 9.17) is 25.8 Å². The zero-order chi connectivity index (χ0) is 18.7. The summed E-state index contributed by atoms with van der Waals surface area (Å²) in [5, 5.41) is 0.595. The van der Waals surface area contributed by atoms with Crippen molar-refractivity contribution in [2.24, 2.45) is 4.99 Å². The molecule has 0 radical (unpaired) electrons. The summed E-state index contributed by atoms with van der Waals surface area (Å²) in [5.41, 5.74) is 1.23. The number of carbonyl (C=O) groups is 1. The molecule has 26 heavy (non-hydrogen) atoms. The predicted octanol–water partition coefficient (Wildman–Crippen LogP) is 3.27. The standard InChI is InChI=1S/C19H19ClN2O4/c1-24-15-10-13(11-16(25-2)17(15)26-3)19(23)22-8-7-21-18(22)12-5-4-6-14(20)9-12/h4-6,9-11H,7-8H2,1-3H3. The molecule has 136 valence electrons. The van der Waals surface area contributed by atoms with Gasteiger partial charge in [-0.05, 0) is 24.3 Å². The molecule has 0 saturated heterocycles. The van der Waals surface area contributed by atoms with Crippen molar-refractivity contribution < 1.29 is 19.0 Å². The lowest BCUT2D eigenvalue weighted by Crippen LogP contribution is -2.34. The number of hydrogen-bond acceptors (Lipinski definition) is 5. The molecule has 1 amide bonds. The molecule has 0 atom stereocenters. The maximum Gasteiger partial charge on any atom is 0.259 e. The van der Waals surface area contributed by atoms with Crippen LogP contribution < -0.4 is 14.2 Å². The number of amidine groups is 1. The minimum Gasteiger partial charge on any atom is -0.493 e. The highest BCUT2D eigenvalue weighted by Gasteiger charge is 2.28. The highest BCUT2D eigenvalue weighted by atomic mass is 35.5. The topological polar surface area (TPSA) is 60.4 Å². The van der Waals surface area contributed by atoms with Gasteiger partial charge >= 0.3 is 0 Å². The van der Waals surface area contributed by atoms with Crippen LogP contribution in [-0.2, 0) is 0 Å². The fourth-order valence-electron chi connectivity index (χ4n) is 2.88. The molecular formula is C19H19ClN2O4. The molecule has 0 N–H and O–H groups in total. The average molecular weight is 375 g/mol. The number of aliphatic imine (C=N–C) groups is 1. The number of ether oxygens (including phenoxy) is 3. The number of carbonyl (C=O) groups excluding carboxylic acids is 1. The van der Waals surface area contributed by atoms with Crippen LogP contribution in [0.2, 0.25) is 5.02 Å². The van der Waals surface area contributed by atoms with E-state index in [-0.39, 0.29) is 5.91 Å². The molecule has 1 heterocycles. The zero-order valence-corrected chi connectivity index (χ0v) is 15.5. The molecule has 2 aromatic carbocycles. The Kier molecular flexibility index (Phi) is 5.32. The summed E-state index contributed by atoms with van der Waals surface area (Å²) < 4.78 is 16.0. The summed E-state index contributed by atoms with van der Waals surface area (Å²) in [4.78, 5) is 19.2. The van der Waals surface area contributed by atoms with Crippen molar-refractivity contribution in [1.82, 2.24) is 4.90 Å². The fourth-order valence-corrected chi connectivity index (χ4v) is 3.07. The van der Waals surface area contributed by atoms with Gasteiger partial charge in [0, 0.05) is 22.7 Å². The largest absolute Gasteiger partial charge is 0.493 e. The highest BCUT2D eigenvalue weighted by molar-refractivity contribution is 6.31. The Labute approximate surface area is 156 Å². The van der Waals surface area contributed by atoms with Gasteiger partial charge in [0.1, 0.15) is 5.84 Å². The van der Waals surface area contributed by atoms with Gasteiger partial charge in [-0.15, -0.1) is 0 Å². The molecule has 2 aromatic rings. The van der Waals surface area contributed by atoms with Crippen LogP contribution >= 0.6 is 11.6 Å². The second-order valence-electron chi connectivity index (χ2n) is 5.59. The van der Waals surface area contributed by atoms with Crippen LogP contribution in [0, 0.1) is 0 Å². The lowest BCUT2D eigenvalue weighted by atomic mass is 10.1. The normalized spacial score (nSPS) is 13.4. The van der Waals surface area contributed by atoms with Crippen LogP contribution in [0.5, 0.6) is 17.2 Å². The van der Waals surface area contributed by atoms with Crippen molar-refractivity contribution in [2.45, 2.75) is 0 Å². The van der Waals surface area contributed by atoms with Crippen molar-refractivity contribution in [1.29, 1.82) is 0 Å². The first-order valence-electron chi connectivity index (χ1n) is 8.01. The van der Waals surface area contributed by atoms with E-state index >= 15 is 0 Å². The molecule has 6 nitrogen and oxygen atoms in total. The Morgan fingerprint density at radius 1 is 1.08 bits per heavy atom. The molecule has 0 spiro atoms. The Morgan fingerprint density at radius 2 is 1.77 bits per heavy atom. The second kappa shape index (κ2) is 7.66. The average Bonchev–Trinajstić information content (AvgIpc) is 3.15. The molecule has 1 aliphatic heterocycles. The first-order chi connectivity index (χ1) is 12.6. The Bertz CT molecular complexity index is 841. The van der Waals surface area contributed by atoms with Crippen LogP contribution in [-0.4, -0.2) is 51.1 Å². The third kappa shape index (κ3) is 3.32. The van der Waals surface area contributed by atoms with Gasteiger partial charge in [0.25, 0.3) is 5.91 Å². The monoisotopic (exact) mass is 374 g/mol. The highest BCUT2D eigenvalue weighted by Crippen LogP contribution is 2.38. The molecule has 0 bridgehead atoms. The van der Waals surface area contributed by atoms with Gasteiger partial charge in [-0.2, -0.15) is 0 Å². The van der Waals surface area contributed by atoms with Crippen LogP contribution in [0.15, 0.2) is 41.4 Å². The van der Waals surface area contributed by atoms with Gasteiger partial charge in [0.15, 0.2) is 11.5 Å². The Morgan fingerprint density at radius 3 is 2.35 bits per heavy atom. The predicted molar refractivity (Wildman–Crippen MR) is 100.0 cm³/mol. The molecule has 0 unspecified atom stereocenters. The van der Waals surface area contributed by atoms with Crippen LogP contribution in [0.4, 0.5) is 0 Å². The molecule has 7 heteroatoms. The molecule has 3 rings (SSSR count). The number of methoxy groups -OCH3 is 3. The van der Waals surface area contributed by atoms with Gasteiger partial charge < -0.3 is 14.2 Å². The molecule has 0 fully saturated rings. The molecule has 1 aliphatic rings. The van der Waals surface area contributed by atoms with E-state index in [1.165, 1.54) is 21.3 Å². The summed E-state index contributed by atoms with van der Waals surface area (Å²) in [6, 6.07) is 10.6. The first-order valence-corrected chi connectivity index (χ1v) is 8.39. The number of halogens is 1. The van der Waals surface area contributed by atoms with E-state index in [9.17, 15) is 4.79 Å². The maximum absolute atomic E-state index is 13.1. The summed E-state index contributed by atoms with van der Waals surface area (Å²) in [6.45, 7) is 1.04. The first kappa shape index (κ1) is 18.1. The summed E-state index contributed by atoms with van der Waals surface area (Å²) >= 11 is 6.07. The van der Waals surface area contributed by atoms with Gasteiger partial charge in [0.2, 0.25) is 5.75 Å². The van der Waals surface area contributed by atoms with E-state index < -0.39 is 0 Å². The summed E-state index contributed by atoms with van der Waals surface area (Å²) in [7, 11) is 4.55. The van der Waals surface area contributed by atoms with Crippen LogP contribution in [0.1, 0.15) is 15.9 Å². The fraction of sp³-hybridized carbons (Fsp3) is 0.263. The minimum absolute atomic E-state index is 0.194. The van der Waals surface area contributed by atoms with Gasteiger partial charge in [0.05, 0.1) is 27.9 Å². The molecule has 0 aromatic heterocycles. The Hall–Kier alpha value is -2.73. The maximum atomic E-state index is 13.1.